The number of amides is 2. The topological polar surface area (TPSA) is 79.2 Å². The Morgan fingerprint density at radius 3 is 2.54 bits per heavy atom. The predicted octanol–water partition coefficient (Wildman–Crippen LogP) is 3.35. The van der Waals surface area contributed by atoms with Crippen molar-refractivity contribution in [3.8, 4) is 11.5 Å². The van der Waals surface area contributed by atoms with Gasteiger partial charge >= 0.3 is 0 Å². The summed E-state index contributed by atoms with van der Waals surface area (Å²) >= 11 is 9.40. The number of benzene rings is 1. The van der Waals surface area contributed by atoms with Gasteiger partial charge in [-0.05, 0) is 47.2 Å². The smallest absolute Gasteiger partial charge is 0.254 e. The van der Waals surface area contributed by atoms with Crippen LogP contribution < -0.4 is 4.74 Å². The van der Waals surface area contributed by atoms with Crippen LogP contribution >= 0.6 is 27.5 Å². The van der Waals surface area contributed by atoms with Gasteiger partial charge in [-0.15, -0.1) is 0 Å². The Morgan fingerprint density at radius 2 is 1.96 bits per heavy atom. The van der Waals surface area contributed by atoms with Gasteiger partial charge in [-0.3, -0.25) is 9.59 Å². The first-order valence-electron chi connectivity index (χ1n) is 8.38. The average molecular weight is 440 g/mol. The Bertz CT molecular complexity index is 839. The van der Waals surface area contributed by atoms with Crippen LogP contribution in [0.5, 0.6) is 11.5 Å². The molecule has 0 radical (unpaired) electrons. The Morgan fingerprint density at radius 1 is 1.35 bits per heavy atom. The SMILES string of the molecule is CCOc1cc(C=NN2C(=O)C3C4C=CC(C4)C3C2=O)c(Br)c(Cl)c1O. The monoisotopic (exact) mass is 438 g/mol. The second kappa shape index (κ2) is 6.39. The number of carbonyl (C=O) groups is 2. The number of fused-ring (bicyclic) bond motifs is 5. The minimum atomic E-state index is -0.291. The first kappa shape index (κ1) is 17.5. The van der Waals surface area contributed by atoms with E-state index in [2.05, 4.69) is 21.0 Å². The van der Waals surface area contributed by atoms with E-state index in [9.17, 15) is 14.7 Å². The number of hydrogen-bond acceptors (Lipinski definition) is 5. The van der Waals surface area contributed by atoms with Gasteiger partial charge in [0.25, 0.3) is 11.8 Å². The Balaban J connectivity index is 1.63. The number of imide groups is 1. The minimum Gasteiger partial charge on any atom is -0.503 e. The number of hydrogen-bond donors (Lipinski definition) is 1. The molecule has 2 aliphatic carbocycles. The number of rotatable bonds is 4. The van der Waals surface area contributed by atoms with E-state index in [1.165, 1.54) is 6.21 Å². The van der Waals surface area contributed by atoms with E-state index >= 15 is 0 Å². The molecule has 1 aromatic carbocycles. The quantitative estimate of drug-likeness (QED) is 0.443. The standard InChI is InChI=1S/C18H16BrClN2O4/c1-2-26-11-6-10(14(19)15(20)16(11)23)7-21-22-17(24)12-8-3-4-9(5-8)13(12)18(22)25/h3-4,6-9,12-13,23H,2,5H2,1H3. The molecule has 136 valence electrons. The lowest BCUT2D eigenvalue weighted by molar-refractivity contribution is -0.140. The van der Waals surface area contributed by atoms with Crippen LogP contribution in [0.2, 0.25) is 5.02 Å². The summed E-state index contributed by atoms with van der Waals surface area (Å²) in [5.41, 5.74) is 0.495. The van der Waals surface area contributed by atoms with Crippen molar-refractivity contribution in [2.24, 2.45) is 28.8 Å². The van der Waals surface area contributed by atoms with E-state index in [4.69, 9.17) is 16.3 Å². The summed E-state index contributed by atoms with van der Waals surface area (Å²) in [6.45, 7) is 2.14. The zero-order chi connectivity index (χ0) is 18.6. The van der Waals surface area contributed by atoms with E-state index in [0.29, 0.717) is 16.6 Å². The summed E-state index contributed by atoms with van der Waals surface area (Å²) in [6.07, 6.45) is 6.33. The molecule has 1 saturated carbocycles. The number of aromatic hydroxyl groups is 1. The van der Waals surface area contributed by atoms with Gasteiger partial charge in [0, 0.05) is 10.0 Å². The van der Waals surface area contributed by atoms with Crippen LogP contribution in [0.4, 0.5) is 0 Å². The maximum atomic E-state index is 12.6. The summed E-state index contributed by atoms with van der Waals surface area (Å²) in [7, 11) is 0. The number of phenols is 1. The Kier molecular flexibility index (Phi) is 4.31. The van der Waals surface area contributed by atoms with Crippen LogP contribution in [-0.2, 0) is 9.59 Å². The maximum absolute atomic E-state index is 12.6. The first-order valence-corrected chi connectivity index (χ1v) is 9.55. The van der Waals surface area contributed by atoms with Crippen LogP contribution in [-0.4, -0.2) is 34.8 Å². The largest absolute Gasteiger partial charge is 0.503 e. The molecule has 2 bridgehead atoms. The molecule has 1 aliphatic heterocycles. The second-order valence-corrected chi connectivity index (χ2v) is 7.78. The fraction of sp³-hybridized carbons (Fsp3) is 0.389. The molecular weight excluding hydrogens is 424 g/mol. The molecule has 1 saturated heterocycles. The third-order valence-electron chi connectivity index (χ3n) is 5.23. The number of phenolic OH excluding ortho intramolecular Hbond substituents is 1. The average Bonchev–Trinajstić information content (AvgIpc) is 3.30. The third-order valence-corrected chi connectivity index (χ3v) is 6.68. The van der Waals surface area contributed by atoms with Crippen LogP contribution in [0.1, 0.15) is 18.9 Å². The van der Waals surface area contributed by atoms with Gasteiger partial charge in [0.1, 0.15) is 5.02 Å². The van der Waals surface area contributed by atoms with Gasteiger partial charge in [-0.1, -0.05) is 23.8 Å². The summed E-state index contributed by atoms with van der Waals surface area (Å²) in [4.78, 5) is 25.3. The Hall–Kier alpha value is -1.86. The highest BCUT2D eigenvalue weighted by atomic mass is 79.9. The van der Waals surface area contributed by atoms with Crippen molar-refractivity contribution in [1.82, 2.24) is 5.01 Å². The molecule has 2 amide bonds. The van der Waals surface area contributed by atoms with Crippen molar-refractivity contribution >= 4 is 45.6 Å². The number of nitrogens with zero attached hydrogens (tertiary/aromatic N) is 2. The van der Waals surface area contributed by atoms with E-state index in [1.807, 2.05) is 12.2 Å². The van der Waals surface area contributed by atoms with E-state index in [1.54, 1.807) is 13.0 Å². The number of halogens is 2. The highest BCUT2D eigenvalue weighted by Gasteiger charge is 2.59. The zero-order valence-corrected chi connectivity index (χ0v) is 16.2. The maximum Gasteiger partial charge on any atom is 0.254 e. The van der Waals surface area contributed by atoms with Gasteiger partial charge in [-0.2, -0.15) is 10.1 Å². The number of carbonyl (C=O) groups excluding carboxylic acids is 2. The summed E-state index contributed by atoms with van der Waals surface area (Å²) in [6, 6.07) is 1.55. The molecule has 2 fully saturated rings. The highest BCUT2D eigenvalue weighted by Crippen LogP contribution is 2.52. The molecule has 4 unspecified atom stereocenters. The number of hydrazone groups is 1. The lowest BCUT2D eigenvalue weighted by Crippen LogP contribution is -2.28. The van der Waals surface area contributed by atoms with Crippen LogP contribution in [0.15, 0.2) is 27.8 Å². The molecule has 0 aromatic heterocycles. The van der Waals surface area contributed by atoms with E-state index in [0.717, 1.165) is 11.4 Å². The molecule has 0 spiro atoms. The number of allylic oxidation sites excluding steroid dienone is 2. The summed E-state index contributed by atoms with van der Waals surface area (Å²) in [5, 5.41) is 15.2. The molecule has 1 heterocycles. The van der Waals surface area contributed by atoms with Gasteiger partial charge in [0.2, 0.25) is 0 Å². The Labute approximate surface area is 163 Å². The number of ether oxygens (including phenoxy) is 1. The lowest BCUT2D eigenvalue weighted by Gasteiger charge is -2.13. The van der Waals surface area contributed by atoms with Crippen molar-refractivity contribution in [2.45, 2.75) is 13.3 Å². The fourth-order valence-electron chi connectivity index (χ4n) is 4.09. The molecule has 26 heavy (non-hydrogen) atoms. The first-order chi connectivity index (χ1) is 12.4. The molecule has 1 aromatic rings. The van der Waals surface area contributed by atoms with Gasteiger partial charge < -0.3 is 9.84 Å². The van der Waals surface area contributed by atoms with Crippen molar-refractivity contribution < 1.29 is 19.4 Å². The molecule has 8 heteroatoms. The third kappa shape index (κ3) is 2.48. The summed E-state index contributed by atoms with van der Waals surface area (Å²) in [5.74, 6) is -0.773. The van der Waals surface area contributed by atoms with E-state index in [-0.39, 0.29) is 52.0 Å². The predicted molar refractivity (Wildman–Crippen MR) is 99.1 cm³/mol. The normalized spacial score (nSPS) is 29.3. The van der Waals surface area contributed by atoms with Crippen molar-refractivity contribution in [2.75, 3.05) is 6.61 Å². The van der Waals surface area contributed by atoms with Crippen molar-refractivity contribution in [3.63, 3.8) is 0 Å². The minimum absolute atomic E-state index is 0.0792. The fourth-order valence-corrected chi connectivity index (χ4v) is 4.70. The van der Waals surface area contributed by atoms with Gasteiger partial charge in [0.05, 0.1) is 24.7 Å². The van der Waals surface area contributed by atoms with Crippen molar-refractivity contribution in [1.29, 1.82) is 0 Å². The molecule has 4 rings (SSSR count). The zero-order valence-electron chi connectivity index (χ0n) is 13.9. The highest BCUT2D eigenvalue weighted by molar-refractivity contribution is 9.10. The van der Waals surface area contributed by atoms with Crippen LogP contribution in [0.25, 0.3) is 0 Å². The van der Waals surface area contributed by atoms with Gasteiger partial charge in [-0.25, -0.2) is 0 Å². The van der Waals surface area contributed by atoms with Crippen LogP contribution in [0, 0.1) is 23.7 Å². The lowest BCUT2D eigenvalue weighted by atomic mass is 9.85. The molecule has 1 N–H and O–H groups in total. The van der Waals surface area contributed by atoms with Crippen molar-refractivity contribution in [3.05, 3.63) is 33.3 Å². The van der Waals surface area contributed by atoms with Crippen LogP contribution in [0.3, 0.4) is 0 Å². The summed E-state index contributed by atoms with van der Waals surface area (Å²) < 4.78 is 5.76. The van der Waals surface area contributed by atoms with Gasteiger partial charge in [0.15, 0.2) is 11.5 Å². The van der Waals surface area contributed by atoms with E-state index < -0.39 is 0 Å². The molecular formula is C18H16BrClN2O4. The molecule has 3 aliphatic rings. The molecule has 6 nitrogen and oxygen atoms in total. The second-order valence-electron chi connectivity index (χ2n) is 6.61. The molecule has 4 atom stereocenters.